The van der Waals surface area contributed by atoms with Crippen LogP contribution in [0.5, 0.6) is 0 Å². The smallest absolute Gasteiger partial charge is 0.104 e. The lowest BCUT2D eigenvalue weighted by molar-refractivity contribution is 0.433. The maximum Gasteiger partial charge on any atom is 0.104 e. The second kappa shape index (κ2) is 4.76. The van der Waals surface area contributed by atoms with E-state index in [0.717, 1.165) is 12.2 Å². The Labute approximate surface area is 97.8 Å². The summed E-state index contributed by atoms with van der Waals surface area (Å²) in [6, 6.07) is 3.02. The minimum absolute atomic E-state index is 0.302. The van der Waals surface area contributed by atoms with E-state index in [1.165, 1.54) is 12.8 Å². The van der Waals surface area contributed by atoms with Gasteiger partial charge in [0.1, 0.15) is 5.54 Å². The lowest BCUT2D eigenvalue weighted by Gasteiger charge is -2.25. The van der Waals surface area contributed by atoms with Crippen LogP contribution in [0, 0.1) is 11.3 Å². The number of nitrogens with zero attached hydrogens (tertiary/aromatic N) is 1. The molecule has 1 unspecified atom stereocenters. The van der Waals surface area contributed by atoms with Crippen LogP contribution in [0.1, 0.15) is 47.0 Å². The molecule has 1 aliphatic carbocycles. The molecule has 0 bridgehead atoms. The Morgan fingerprint density at radius 3 is 2.33 bits per heavy atom. The van der Waals surface area contributed by atoms with Crippen LogP contribution in [-0.2, 0) is 0 Å². The van der Waals surface area contributed by atoms with Gasteiger partial charge in [-0.1, -0.05) is 20.8 Å². The van der Waals surface area contributed by atoms with Crippen LogP contribution in [0.25, 0.3) is 0 Å². The third kappa shape index (κ3) is 5.44. The van der Waals surface area contributed by atoms with Gasteiger partial charge in [-0.25, -0.2) is 0 Å². The van der Waals surface area contributed by atoms with Crippen LogP contribution in [0.3, 0.4) is 0 Å². The number of rotatable bonds is 5. The molecule has 3 heteroatoms. The molecule has 0 radical (unpaired) electrons. The van der Waals surface area contributed by atoms with Gasteiger partial charge in [0, 0.05) is 10.8 Å². The van der Waals surface area contributed by atoms with Gasteiger partial charge in [-0.15, -0.1) is 0 Å². The molecule has 1 saturated carbocycles. The molecule has 0 aromatic heterocycles. The SMILES string of the molecule is CC(C#N)(CCSC(C)(C)C)NC1CC1. The largest absolute Gasteiger partial charge is 0.297 e. The second-order valence-corrected chi connectivity index (χ2v) is 7.50. The van der Waals surface area contributed by atoms with E-state index in [-0.39, 0.29) is 5.54 Å². The summed E-state index contributed by atoms with van der Waals surface area (Å²) in [5.41, 5.74) is -0.320. The average Bonchev–Trinajstić information content (AvgIpc) is 2.86. The second-order valence-electron chi connectivity index (χ2n) is 5.57. The number of thioether (sulfide) groups is 1. The number of hydrogen-bond acceptors (Lipinski definition) is 3. The van der Waals surface area contributed by atoms with Gasteiger partial charge < -0.3 is 0 Å². The highest BCUT2D eigenvalue weighted by Gasteiger charge is 2.32. The molecule has 86 valence electrons. The first-order valence-corrected chi connectivity index (χ1v) is 6.66. The molecule has 1 atom stereocenters. The normalized spacial score (nSPS) is 20.7. The van der Waals surface area contributed by atoms with Gasteiger partial charge in [0.15, 0.2) is 0 Å². The summed E-state index contributed by atoms with van der Waals surface area (Å²) in [6.45, 7) is 8.68. The quantitative estimate of drug-likeness (QED) is 0.783. The Morgan fingerprint density at radius 1 is 1.33 bits per heavy atom. The summed E-state index contributed by atoms with van der Waals surface area (Å²) in [7, 11) is 0. The predicted octanol–water partition coefficient (Wildman–Crippen LogP) is 2.94. The Balaban J connectivity index is 2.29. The molecule has 2 nitrogen and oxygen atoms in total. The molecule has 1 fully saturated rings. The first kappa shape index (κ1) is 12.9. The molecule has 1 rings (SSSR count). The molecule has 15 heavy (non-hydrogen) atoms. The van der Waals surface area contributed by atoms with Crippen LogP contribution >= 0.6 is 11.8 Å². The van der Waals surface area contributed by atoms with Gasteiger partial charge in [-0.05, 0) is 31.9 Å². The zero-order valence-corrected chi connectivity index (χ0v) is 11.1. The lowest BCUT2D eigenvalue weighted by Crippen LogP contribution is -2.43. The van der Waals surface area contributed by atoms with Crippen molar-refractivity contribution in [2.45, 2.75) is 63.3 Å². The molecular weight excluding hydrogens is 204 g/mol. The standard InChI is InChI=1S/C12H22N2S/c1-11(2,3)15-8-7-12(4,9-13)14-10-5-6-10/h10,14H,5-8H2,1-4H3. The fraction of sp³-hybridized carbons (Fsp3) is 0.917. The van der Waals surface area contributed by atoms with Crippen LogP contribution < -0.4 is 5.32 Å². The molecule has 0 aromatic rings. The molecule has 0 amide bonds. The molecule has 1 N–H and O–H groups in total. The first-order chi connectivity index (χ1) is 6.85. The highest BCUT2D eigenvalue weighted by Crippen LogP contribution is 2.28. The maximum atomic E-state index is 9.17. The van der Waals surface area contributed by atoms with Crippen molar-refractivity contribution in [1.82, 2.24) is 5.32 Å². The first-order valence-electron chi connectivity index (χ1n) is 5.68. The Morgan fingerprint density at radius 2 is 1.93 bits per heavy atom. The molecule has 0 spiro atoms. The molecule has 0 heterocycles. The van der Waals surface area contributed by atoms with Gasteiger partial charge in [-0.2, -0.15) is 17.0 Å². The molecule has 0 aliphatic heterocycles. The third-order valence-electron chi connectivity index (χ3n) is 2.48. The van der Waals surface area contributed by atoms with Crippen molar-refractivity contribution < 1.29 is 0 Å². The van der Waals surface area contributed by atoms with Crippen molar-refractivity contribution in [3.8, 4) is 6.07 Å². The Bertz CT molecular complexity index is 247. The molecular formula is C12H22N2S. The fourth-order valence-corrected chi connectivity index (χ4v) is 2.52. The van der Waals surface area contributed by atoms with E-state index in [4.69, 9.17) is 5.26 Å². The monoisotopic (exact) mass is 226 g/mol. The van der Waals surface area contributed by atoms with Crippen LogP contribution in [0.15, 0.2) is 0 Å². The van der Waals surface area contributed by atoms with E-state index in [9.17, 15) is 0 Å². The summed E-state index contributed by atoms with van der Waals surface area (Å²) in [5.74, 6) is 1.05. The average molecular weight is 226 g/mol. The molecule has 0 saturated heterocycles. The van der Waals surface area contributed by atoms with E-state index in [1.54, 1.807) is 0 Å². The summed E-state index contributed by atoms with van der Waals surface area (Å²) < 4.78 is 0.302. The fourth-order valence-electron chi connectivity index (χ4n) is 1.40. The van der Waals surface area contributed by atoms with E-state index < -0.39 is 0 Å². The lowest BCUT2D eigenvalue weighted by atomic mass is 10.0. The van der Waals surface area contributed by atoms with Gasteiger partial charge in [0.05, 0.1) is 6.07 Å². The van der Waals surface area contributed by atoms with Gasteiger partial charge in [0.25, 0.3) is 0 Å². The third-order valence-corrected chi connectivity index (χ3v) is 3.76. The topological polar surface area (TPSA) is 35.8 Å². The zero-order valence-electron chi connectivity index (χ0n) is 10.3. The molecule has 0 aromatic carbocycles. The zero-order chi connectivity index (χ0) is 11.5. The van der Waals surface area contributed by atoms with Gasteiger partial charge in [0.2, 0.25) is 0 Å². The van der Waals surface area contributed by atoms with E-state index in [2.05, 4.69) is 32.2 Å². The number of hydrogen-bond donors (Lipinski definition) is 1. The summed E-state index contributed by atoms with van der Waals surface area (Å²) in [6.07, 6.45) is 3.41. The maximum absolute atomic E-state index is 9.17. The van der Waals surface area contributed by atoms with Crippen LogP contribution in [0.2, 0.25) is 0 Å². The highest BCUT2D eigenvalue weighted by molar-refractivity contribution is 8.00. The van der Waals surface area contributed by atoms with E-state index >= 15 is 0 Å². The van der Waals surface area contributed by atoms with Crippen molar-refractivity contribution >= 4 is 11.8 Å². The van der Waals surface area contributed by atoms with E-state index in [0.29, 0.717) is 10.8 Å². The Hall–Kier alpha value is -0.200. The minimum Gasteiger partial charge on any atom is -0.297 e. The van der Waals surface area contributed by atoms with Crippen molar-refractivity contribution in [2.24, 2.45) is 0 Å². The van der Waals surface area contributed by atoms with Crippen molar-refractivity contribution in [1.29, 1.82) is 5.26 Å². The summed E-state index contributed by atoms with van der Waals surface area (Å²) >= 11 is 1.93. The van der Waals surface area contributed by atoms with Gasteiger partial charge >= 0.3 is 0 Å². The summed E-state index contributed by atoms with van der Waals surface area (Å²) in [4.78, 5) is 0. The van der Waals surface area contributed by atoms with Crippen molar-refractivity contribution in [3.05, 3.63) is 0 Å². The van der Waals surface area contributed by atoms with Crippen LogP contribution in [0.4, 0.5) is 0 Å². The van der Waals surface area contributed by atoms with Crippen LogP contribution in [-0.4, -0.2) is 22.1 Å². The van der Waals surface area contributed by atoms with E-state index in [1.807, 2.05) is 18.7 Å². The van der Waals surface area contributed by atoms with Gasteiger partial charge in [-0.3, -0.25) is 5.32 Å². The predicted molar refractivity (Wildman–Crippen MR) is 67.0 cm³/mol. The Kier molecular flexibility index (Phi) is 4.08. The highest BCUT2D eigenvalue weighted by atomic mass is 32.2. The van der Waals surface area contributed by atoms with Crippen molar-refractivity contribution in [3.63, 3.8) is 0 Å². The molecule has 1 aliphatic rings. The van der Waals surface area contributed by atoms with Crippen molar-refractivity contribution in [2.75, 3.05) is 5.75 Å². The minimum atomic E-state index is -0.320. The number of nitriles is 1. The number of nitrogens with one attached hydrogen (secondary N) is 1. The summed E-state index contributed by atoms with van der Waals surface area (Å²) in [5, 5.41) is 12.6.